The zero-order valence-corrected chi connectivity index (χ0v) is 9.99. The predicted molar refractivity (Wildman–Crippen MR) is 63.7 cm³/mol. The molecular weight excluding hydrogens is 216 g/mol. The Bertz CT molecular complexity index is 503. The van der Waals surface area contributed by atoms with Crippen molar-refractivity contribution in [2.75, 3.05) is 20.1 Å². The van der Waals surface area contributed by atoms with E-state index in [2.05, 4.69) is 17.0 Å². The predicted octanol–water partition coefficient (Wildman–Crippen LogP) is 0.171. The molecule has 0 radical (unpaired) electrons. The number of likely N-dealkylation sites (N-methyl/N-ethyl adjacent to an activating group) is 1. The van der Waals surface area contributed by atoms with Crippen molar-refractivity contribution in [3.05, 3.63) is 29.1 Å². The summed E-state index contributed by atoms with van der Waals surface area (Å²) in [6, 6.07) is 0. The van der Waals surface area contributed by atoms with Crippen LogP contribution in [0.25, 0.3) is 0 Å². The molecule has 0 spiro atoms. The van der Waals surface area contributed by atoms with Gasteiger partial charge in [0, 0.05) is 38.7 Å². The molecule has 1 aromatic heterocycles. The molecule has 0 atom stereocenters. The van der Waals surface area contributed by atoms with Gasteiger partial charge in [0.25, 0.3) is 5.91 Å². The van der Waals surface area contributed by atoms with E-state index < -0.39 is 0 Å². The van der Waals surface area contributed by atoms with Crippen molar-refractivity contribution >= 4 is 5.91 Å². The maximum atomic E-state index is 12.3. The summed E-state index contributed by atoms with van der Waals surface area (Å²) in [6.07, 6.45) is 0.902. The molecule has 1 N–H and O–H groups in total. The van der Waals surface area contributed by atoms with Gasteiger partial charge in [0.05, 0.1) is 12.2 Å². The molecule has 0 bridgehead atoms. The Kier molecular flexibility index (Phi) is 2.29. The Morgan fingerprint density at radius 3 is 3.06 bits per heavy atom. The number of aromatic nitrogens is 2. The summed E-state index contributed by atoms with van der Waals surface area (Å²) in [6.45, 7) is 6.95. The smallest absolute Gasteiger partial charge is 0.272 e. The topological polar surface area (TPSA) is 50.2 Å². The molecule has 17 heavy (non-hydrogen) atoms. The van der Waals surface area contributed by atoms with E-state index in [1.54, 1.807) is 4.90 Å². The Hall–Kier alpha value is -1.62. The van der Waals surface area contributed by atoms with E-state index in [4.69, 9.17) is 0 Å². The van der Waals surface area contributed by atoms with Gasteiger partial charge < -0.3 is 10.2 Å². The largest absolute Gasteiger partial charge is 0.336 e. The van der Waals surface area contributed by atoms with E-state index >= 15 is 0 Å². The monoisotopic (exact) mass is 232 g/mol. The summed E-state index contributed by atoms with van der Waals surface area (Å²) in [4.78, 5) is 14.0. The summed E-state index contributed by atoms with van der Waals surface area (Å²) in [5, 5.41) is 7.85. The minimum absolute atomic E-state index is 0.0566. The first-order valence-corrected chi connectivity index (χ1v) is 5.88. The van der Waals surface area contributed by atoms with Crippen LogP contribution in [0.4, 0.5) is 0 Å². The van der Waals surface area contributed by atoms with Crippen LogP contribution in [-0.4, -0.2) is 40.7 Å². The highest BCUT2D eigenvalue weighted by atomic mass is 16.2. The van der Waals surface area contributed by atoms with Crippen molar-refractivity contribution in [3.8, 4) is 0 Å². The number of carbonyl (C=O) groups excluding carboxylic acids is 1. The van der Waals surface area contributed by atoms with Gasteiger partial charge in [0.15, 0.2) is 0 Å². The highest BCUT2D eigenvalue weighted by Crippen LogP contribution is 2.22. The van der Waals surface area contributed by atoms with Crippen molar-refractivity contribution in [1.82, 2.24) is 20.0 Å². The zero-order valence-electron chi connectivity index (χ0n) is 9.99. The molecule has 0 aromatic carbocycles. The molecule has 2 aliphatic rings. The molecule has 0 saturated heterocycles. The first-order chi connectivity index (χ1) is 8.16. The van der Waals surface area contributed by atoms with E-state index in [-0.39, 0.29) is 5.91 Å². The number of hydrogen-bond acceptors (Lipinski definition) is 3. The SMILES string of the molecule is C=C1CN(C)C(=O)c2c3c(nn2C1)CCNC3. The number of amides is 1. The molecule has 5 nitrogen and oxygen atoms in total. The summed E-state index contributed by atoms with van der Waals surface area (Å²) < 4.78 is 1.83. The normalized spacial score (nSPS) is 19.9. The van der Waals surface area contributed by atoms with Gasteiger partial charge in [0.1, 0.15) is 5.69 Å². The third-order valence-corrected chi connectivity index (χ3v) is 3.36. The van der Waals surface area contributed by atoms with E-state index in [1.165, 1.54) is 0 Å². The van der Waals surface area contributed by atoms with Gasteiger partial charge in [-0.1, -0.05) is 6.58 Å². The van der Waals surface area contributed by atoms with E-state index in [1.807, 2.05) is 11.7 Å². The minimum Gasteiger partial charge on any atom is -0.336 e. The average Bonchev–Trinajstić information content (AvgIpc) is 2.60. The first kappa shape index (κ1) is 10.5. The Morgan fingerprint density at radius 1 is 1.41 bits per heavy atom. The lowest BCUT2D eigenvalue weighted by atomic mass is 10.1. The van der Waals surface area contributed by atoms with E-state index in [0.29, 0.717) is 13.1 Å². The second kappa shape index (κ2) is 3.70. The quantitative estimate of drug-likeness (QED) is 0.649. The second-order valence-electron chi connectivity index (χ2n) is 4.77. The summed E-state index contributed by atoms with van der Waals surface area (Å²) in [5.41, 5.74) is 3.90. The molecule has 0 aliphatic carbocycles. The van der Waals surface area contributed by atoms with Gasteiger partial charge in [-0.2, -0.15) is 5.10 Å². The standard InChI is InChI=1S/C12H16N4O/c1-8-6-15(2)12(17)11-9-5-13-4-3-10(9)14-16(11)7-8/h13H,1,3-7H2,2H3. The Morgan fingerprint density at radius 2 is 2.24 bits per heavy atom. The Balaban J connectivity index is 2.15. The van der Waals surface area contributed by atoms with Crippen molar-refractivity contribution in [3.63, 3.8) is 0 Å². The molecular formula is C12H16N4O. The van der Waals surface area contributed by atoms with Crippen molar-refractivity contribution in [1.29, 1.82) is 0 Å². The summed E-state index contributed by atoms with van der Waals surface area (Å²) in [7, 11) is 1.82. The number of carbonyl (C=O) groups is 1. The van der Waals surface area contributed by atoms with Gasteiger partial charge in [-0.05, 0) is 5.57 Å². The Labute approximate surface area is 100 Å². The molecule has 0 unspecified atom stereocenters. The minimum atomic E-state index is 0.0566. The summed E-state index contributed by atoms with van der Waals surface area (Å²) >= 11 is 0. The first-order valence-electron chi connectivity index (χ1n) is 5.88. The number of rotatable bonds is 0. The zero-order chi connectivity index (χ0) is 12.0. The maximum absolute atomic E-state index is 12.3. The van der Waals surface area contributed by atoms with Crippen LogP contribution in [-0.2, 0) is 19.5 Å². The molecule has 2 aliphatic heterocycles. The van der Waals surface area contributed by atoms with Crippen LogP contribution < -0.4 is 5.32 Å². The molecule has 3 heterocycles. The van der Waals surface area contributed by atoms with Crippen LogP contribution in [0.5, 0.6) is 0 Å². The van der Waals surface area contributed by atoms with Crippen LogP contribution in [0.3, 0.4) is 0 Å². The number of hydrogen-bond donors (Lipinski definition) is 1. The van der Waals surface area contributed by atoms with Gasteiger partial charge >= 0.3 is 0 Å². The fraction of sp³-hybridized carbons (Fsp3) is 0.500. The molecule has 90 valence electrons. The highest BCUT2D eigenvalue weighted by molar-refractivity contribution is 5.94. The second-order valence-corrected chi connectivity index (χ2v) is 4.77. The molecule has 3 rings (SSSR count). The molecule has 5 heteroatoms. The van der Waals surface area contributed by atoms with E-state index in [9.17, 15) is 4.79 Å². The lowest BCUT2D eigenvalue weighted by Gasteiger charge is -2.16. The number of nitrogens with one attached hydrogen (secondary N) is 1. The number of nitrogens with zero attached hydrogens (tertiary/aromatic N) is 3. The van der Waals surface area contributed by atoms with E-state index in [0.717, 1.165) is 42.0 Å². The third-order valence-electron chi connectivity index (χ3n) is 3.36. The molecule has 0 saturated carbocycles. The van der Waals surface area contributed by atoms with Crippen LogP contribution >= 0.6 is 0 Å². The van der Waals surface area contributed by atoms with Crippen LogP contribution in [0.15, 0.2) is 12.2 Å². The lowest BCUT2D eigenvalue weighted by molar-refractivity contribution is 0.0803. The molecule has 1 amide bonds. The fourth-order valence-corrected chi connectivity index (χ4v) is 2.56. The van der Waals surface area contributed by atoms with Crippen molar-refractivity contribution in [2.45, 2.75) is 19.5 Å². The van der Waals surface area contributed by atoms with Gasteiger partial charge in [-0.15, -0.1) is 0 Å². The van der Waals surface area contributed by atoms with Crippen LogP contribution in [0.2, 0.25) is 0 Å². The maximum Gasteiger partial charge on any atom is 0.272 e. The average molecular weight is 232 g/mol. The fourth-order valence-electron chi connectivity index (χ4n) is 2.56. The molecule has 0 fully saturated rings. The van der Waals surface area contributed by atoms with Crippen molar-refractivity contribution < 1.29 is 4.79 Å². The highest BCUT2D eigenvalue weighted by Gasteiger charge is 2.29. The van der Waals surface area contributed by atoms with Crippen LogP contribution in [0, 0.1) is 0 Å². The van der Waals surface area contributed by atoms with Crippen LogP contribution in [0.1, 0.15) is 21.7 Å². The van der Waals surface area contributed by atoms with Gasteiger partial charge in [-0.25, -0.2) is 0 Å². The van der Waals surface area contributed by atoms with Crippen molar-refractivity contribution in [2.24, 2.45) is 0 Å². The molecule has 1 aromatic rings. The van der Waals surface area contributed by atoms with Gasteiger partial charge in [0.2, 0.25) is 0 Å². The lowest BCUT2D eigenvalue weighted by Crippen LogP contribution is -2.30. The third kappa shape index (κ3) is 1.58. The summed E-state index contributed by atoms with van der Waals surface area (Å²) in [5.74, 6) is 0.0566. The van der Waals surface area contributed by atoms with Gasteiger partial charge in [-0.3, -0.25) is 9.48 Å². The number of fused-ring (bicyclic) bond motifs is 3.